The average Bonchev–Trinajstić information content (AvgIpc) is 2.38. The maximum Gasteiger partial charge on any atom is 0.0893 e. The van der Waals surface area contributed by atoms with Crippen molar-refractivity contribution >= 4 is 17.2 Å². The molecule has 1 atom stereocenters. The molecule has 0 amide bonds. The Morgan fingerprint density at radius 2 is 1.89 bits per heavy atom. The monoisotopic (exact) mass is 257 g/mol. The van der Waals surface area contributed by atoms with E-state index in [1.54, 1.807) is 12.4 Å². The zero-order valence-corrected chi connectivity index (χ0v) is 11.2. The first-order valence-electron chi connectivity index (χ1n) is 5.69. The third-order valence-electron chi connectivity index (χ3n) is 3.11. The van der Waals surface area contributed by atoms with Crippen LogP contribution in [0.4, 0.5) is 0 Å². The first-order valence-corrected chi connectivity index (χ1v) is 6.10. The van der Waals surface area contributed by atoms with Crippen molar-refractivity contribution < 1.29 is 0 Å². The fourth-order valence-electron chi connectivity index (χ4n) is 1.89. The van der Waals surface area contributed by atoms with Gasteiger partial charge in [-0.2, -0.15) is 0 Å². The molecule has 92 valence electrons. The highest BCUT2D eigenvalue weighted by Crippen LogP contribution is 2.30. The Kier molecular flexibility index (Phi) is 3.39. The number of hydrogen-bond acceptors (Lipinski definition) is 3. The quantitative estimate of drug-likeness (QED) is 0.858. The molecule has 0 saturated heterocycles. The zero-order chi connectivity index (χ0) is 13.2. The minimum atomic E-state index is -0.588. The SMILES string of the molecule is Cc1cncc(C(C)(C(N)=S)c2ccccc2)n1. The van der Waals surface area contributed by atoms with Crippen molar-refractivity contribution in [3.05, 3.63) is 59.7 Å². The van der Waals surface area contributed by atoms with Crippen LogP contribution in [0.15, 0.2) is 42.7 Å². The molecular weight excluding hydrogens is 242 g/mol. The predicted molar refractivity (Wildman–Crippen MR) is 76.5 cm³/mol. The van der Waals surface area contributed by atoms with E-state index in [0.717, 1.165) is 17.0 Å². The van der Waals surface area contributed by atoms with Crippen molar-refractivity contribution in [2.45, 2.75) is 19.3 Å². The second kappa shape index (κ2) is 4.82. The molecular formula is C14H15N3S. The molecule has 18 heavy (non-hydrogen) atoms. The Morgan fingerprint density at radius 1 is 1.22 bits per heavy atom. The largest absolute Gasteiger partial charge is 0.392 e. The number of aryl methyl sites for hydroxylation is 1. The van der Waals surface area contributed by atoms with Crippen molar-refractivity contribution in [1.29, 1.82) is 0 Å². The lowest BCUT2D eigenvalue weighted by Crippen LogP contribution is -2.39. The molecule has 4 heteroatoms. The first kappa shape index (κ1) is 12.6. The summed E-state index contributed by atoms with van der Waals surface area (Å²) in [5.74, 6) is 0. The summed E-state index contributed by atoms with van der Waals surface area (Å²) in [6.45, 7) is 3.88. The van der Waals surface area contributed by atoms with Crippen LogP contribution in [-0.2, 0) is 5.41 Å². The molecule has 0 bridgehead atoms. The third kappa shape index (κ3) is 2.11. The van der Waals surface area contributed by atoms with Crippen molar-refractivity contribution in [3.8, 4) is 0 Å². The van der Waals surface area contributed by atoms with Crippen molar-refractivity contribution in [1.82, 2.24) is 9.97 Å². The van der Waals surface area contributed by atoms with Gasteiger partial charge in [-0.3, -0.25) is 9.97 Å². The second-order valence-corrected chi connectivity index (χ2v) is 4.84. The van der Waals surface area contributed by atoms with Crippen LogP contribution in [0.2, 0.25) is 0 Å². The van der Waals surface area contributed by atoms with Crippen LogP contribution in [-0.4, -0.2) is 15.0 Å². The molecule has 2 aromatic rings. The lowest BCUT2D eigenvalue weighted by molar-refractivity contribution is 0.729. The van der Waals surface area contributed by atoms with E-state index in [2.05, 4.69) is 9.97 Å². The maximum atomic E-state index is 5.95. The van der Waals surface area contributed by atoms with Crippen LogP contribution in [0.3, 0.4) is 0 Å². The van der Waals surface area contributed by atoms with Gasteiger partial charge in [0.15, 0.2) is 0 Å². The smallest absolute Gasteiger partial charge is 0.0893 e. The third-order valence-corrected chi connectivity index (χ3v) is 3.52. The van der Waals surface area contributed by atoms with E-state index in [4.69, 9.17) is 18.0 Å². The first-order chi connectivity index (χ1) is 8.55. The van der Waals surface area contributed by atoms with Crippen LogP contribution in [0.1, 0.15) is 23.9 Å². The topological polar surface area (TPSA) is 51.8 Å². The molecule has 0 spiro atoms. The maximum absolute atomic E-state index is 5.95. The summed E-state index contributed by atoms with van der Waals surface area (Å²) in [4.78, 5) is 9.09. The minimum absolute atomic E-state index is 0.397. The van der Waals surface area contributed by atoms with Crippen LogP contribution in [0, 0.1) is 6.92 Å². The summed E-state index contributed by atoms with van der Waals surface area (Å²) in [5.41, 5.74) is 8.02. The molecule has 1 aromatic carbocycles. The average molecular weight is 257 g/mol. The lowest BCUT2D eigenvalue weighted by Gasteiger charge is -2.28. The summed E-state index contributed by atoms with van der Waals surface area (Å²) in [7, 11) is 0. The molecule has 0 fully saturated rings. The molecule has 3 nitrogen and oxygen atoms in total. The van der Waals surface area contributed by atoms with Crippen LogP contribution >= 0.6 is 12.2 Å². The number of nitrogens with zero attached hydrogens (tertiary/aromatic N) is 2. The fourth-order valence-corrected chi connectivity index (χ4v) is 2.11. The highest BCUT2D eigenvalue weighted by molar-refractivity contribution is 7.80. The molecule has 1 unspecified atom stereocenters. The van der Waals surface area contributed by atoms with Gasteiger partial charge in [0, 0.05) is 12.4 Å². The van der Waals surface area contributed by atoms with E-state index in [0.29, 0.717) is 4.99 Å². The highest BCUT2D eigenvalue weighted by atomic mass is 32.1. The van der Waals surface area contributed by atoms with Gasteiger partial charge < -0.3 is 5.73 Å². The number of benzene rings is 1. The second-order valence-electron chi connectivity index (χ2n) is 4.40. The summed E-state index contributed by atoms with van der Waals surface area (Å²) < 4.78 is 0. The standard InChI is InChI=1S/C14H15N3S/c1-10-8-16-9-12(17-10)14(2,13(15)18)11-6-4-3-5-7-11/h3-9H,1-2H3,(H2,15,18). The number of rotatable bonds is 3. The van der Waals surface area contributed by atoms with Gasteiger partial charge in [0.2, 0.25) is 0 Å². The summed E-state index contributed by atoms with van der Waals surface area (Å²) >= 11 is 5.25. The van der Waals surface area contributed by atoms with Gasteiger partial charge in [0.25, 0.3) is 0 Å². The molecule has 1 aromatic heterocycles. The zero-order valence-electron chi connectivity index (χ0n) is 10.4. The number of thiocarbonyl (C=S) groups is 1. The van der Waals surface area contributed by atoms with Crippen LogP contribution < -0.4 is 5.73 Å². The van der Waals surface area contributed by atoms with Gasteiger partial charge in [-0.15, -0.1) is 0 Å². The van der Waals surface area contributed by atoms with E-state index >= 15 is 0 Å². The van der Waals surface area contributed by atoms with Crippen LogP contribution in [0.25, 0.3) is 0 Å². The van der Waals surface area contributed by atoms with Gasteiger partial charge in [-0.1, -0.05) is 42.5 Å². The number of hydrogen-bond donors (Lipinski definition) is 1. The highest BCUT2D eigenvalue weighted by Gasteiger charge is 2.34. The Balaban J connectivity index is 2.62. The van der Waals surface area contributed by atoms with E-state index in [-0.39, 0.29) is 0 Å². The molecule has 2 rings (SSSR count). The van der Waals surface area contributed by atoms with Gasteiger partial charge >= 0.3 is 0 Å². The van der Waals surface area contributed by atoms with Gasteiger partial charge in [-0.05, 0) is 19.4 Å². The van der Waals surface area contributed by atoms with Gasteiger partial charge in [-0.25, -0.2) is 0 Å². The Morgan fingerprint density at radius 3 is 2.44 bits per heavy atom. The summed E-state index contributed by atoms with van der Waals surface area (Å²) in [6.07, 6.45) is 3.44. The molecule has 0 saturated carbocycles. The van der Waals surface area contributed by atoms with Gasteiger partial charge in [0.05, 0.1) is 21.8 Å². The van der Waals surface area contributed by atoms with E-state index in [1.165, 1.54) is 0 Å². The van der Waals surface area contributed by atoms with Gasteiger partial charge in [0.1, 0.15) is 0 Å². The normalized spacial score (nSPS) is 13.9. The Labute approximate surface area is 112 Å². The fraction of sp³-hybridized carbons (Fsp3) is 0.214. The molecule has 1 heterocycles. The molecule has 0 aliphatic rings. The molecule has 0 aliphatic carbocycles. The predicted octanol–water partition coefficient (Wildman–Crippen LogP) is 2.38. The summed E-state index contributed by atoms with van der Waals surface area (Å²) in [5, 5.41) is 0. The Hall–Kier alpha value is -1.81. The van der Waals surface area contributed by atoms with Crippen LogP contribution in [0.5, 0.6) is 0 Å². The van der Waals surface area contributed by atoms with E-state index < -0.39 is 5.41 Å². The molecule has 2 N–H and O–H groups in total. The number of nitrogens with two attached hydrogens (primary N) is 1. The van der Waals surface area contributed by atoms with E-state index in [1.807, 2.05) is 44.2 Å². The minimum Gasteiger partial charge on any atom is -0.392 e. The van der Waals surface area contributed by atoms with Crippen molar-refractivity contribution in [2.75, 3.05) is 0 Å². The summed E-state index contributed by atoms with van der Waals surface area (Å²) in [6, 6.07) is 9.90. The number of aromatic nitrogens is 2. The molecule has 0 radical (unpaired) electrons. The van der Waals surface area contributed by atoms with Crippen molar-refractivity contribution in [3.63, 3.8) is 0 Å². The molecule has 0 aliphatic heterocycles. The Bertz CT molecular complexity index is 568. The van der Waals surface area contributed by atoms with E-state index in [9.17, 15) is 0 Å². The van der Waals surface area contributed by atoms with Crippen molar-refractivity contribution in [2.24, 2.45) is 5.73 Å². The lowest BCUT2D eigenvalue weighted by atomic mass is 9.79.